The Balaban J connectivity index is 1.60. The molecule has 160 valence electrons. The molecule has 1 amide bonds. The third kappa shape index (κ3) is 3.78. The number of amides is 1. The Hall–Kier alpha value is -3.62. The fourth-order valence-electron chi connectivity index (χ4n) is 3.51. The van der Waals surface area contributed by atoms with E-state index in [0.29, 0.717) is 5.69 Å². The van der Waals surface area contributed by atoms with Crippen LogP contribution in [0.2, 0.25) is 0 Å². The Bertz CT molecular complexity index is 1250. The molecule has 6 nitrogen and oxygen atoms in total. The molecule has 4 rings (SSSR count). The monoisotopic (exact) mass is 427 g/mol. The van der Waals surface area contributed by atoms with Crippen LogP contribution >= 0.6 is 0 Å². The normalized spacial score (nSPS) is 12.0. The van der Waals surface area contributed by atoms with Crippen molar-refractivity contribution in [3.05, 3.63) is 66.0 Å². The number of carbonyl (C=O) groups is 1. The molecule has 0 radical (unpaired) electrons. The summed E-state index contributed by atoms with van der Waals surface area (Å²) in [5.74, 6) is -0.119. The third-order valence-electron chi connectivity index (χ3n) is 4.99. The Morgan fingerprint density at radius 3 is 2.35 bits per heavy atom. The molecule has 0 fully saturated rings. The Morgan fingerprint density at radius 2 is 1.74 bits per heavy atom. The van der Waals surface area contributed by atoms with Gasteiger partial charge in [0.15, 0.2) is 5.69 Å². The van der Waals surface area contributed by atoms with Crippen LogP contribution in [0, 0.1) is 0 Å². The van der Waals surface area contributed by atoms with Crippen LogP contribution in [0.5, 0.6) is 0 Å². The number of halogens is 3. The van der Waals surface area contributed by atoms with Crippen molar-refractivity contribution in [3.8, 4) is 11.4 Å². The van der Waals surface area contributed by atoms with E-state index in [1.807, 2.05) is 35.9 Å². The molecular weight excluding hydrogens is 407 g/mol. The number of aromatic nitrogens is 4. The van der Waals surface area contributed by atoms with Gasteiger partial charge in [0.1, 0.15) is 5.82 Å². The Kier molecular flexibility index (Phi) is 5.04. The lowest BCUT2D eigenvalue weighted by atomic mass is 10.1. The van der Waals surface area contributed by atoms with Crippen molar-refractivity contribution < 1.29 is 18.0 Å². The number of benzene rings is 2. The van der Waals surface area contributed by atoms with Gasteiger partial charge in [0, 0.05) is 24.3 Å². The Labute approximate surface area is 176 Å². The van der Waals surface area contributed by atoms with Gasteiger partial charge >= 0.3 is 6.18 Å². The second-order valence-electron chi connectivity index (χ2n) is 7.46. The van der Waals surface area contributed by atoms with Crippen molar-refractivity contribution in [2.75, 3.05) is 5.32 Å². The number of alkyl halides is 3. The molecule has 0 bridgehead atoms. The van der Waals surface area contributed by atoms with Crippen LogP contribution in [0.1, 0.15) is 35.9 Å². The summed E-state index contributed by atoms with van der Waals surface area (Å²) in [7, 11) is 1.91. The fraction of sp³-hybridized carbons (Fsp3) is 0.227. The van der Waals surface area contributed by atoms with Crippen molar-refractivity contribution in [3.63, 3.8) is 0 Å². The summed E-state index contributed by atoms with van der Waals surface area (Å²) in [6.07, 6.45) is -3.75. The zero-order valence-electron chi connectivity index (χ0n) is 17.1. The van der Waals surface area contributed by atoms with Crippen LogP contribution in [0.3, 0.4) is 0 Å². The molecule has 0 unspecified atom stereocenters. The van der Waals surface area contributed by atoms with Crippen LogP contribution in [0.4, 0.5) is 18.9 Å². The number of hydrogen-bond acceptors (Lipinski definition) is 3. The van der Waals surface area contributed by atoms with Gasteiger partial charge in [-0.05, 0) is 50.2 Å². The molecule has 31 heavy (non-hydrogen) atoms. The number of nitrogens with zero attached hydrogens (tertiary/aromatic N) is 4. The standard InChI is InChI=1S/C22H20F3N5O/c1-13(2)30-19(22(23,24)25)16(12-26-30)21(31)27-15-10-8-14(9-11-15)20-28-17-6-4-5-7-18(17)29(20)3/h4-13H,1-3H3,(H,27,31). The molecule has 4 aromatic rings. The first-order chi connectivity index (χ1) is 14.7. The quantitative estimate of drug-likeness (QED) is 0.481. The number of imidazole rings is 1. The first kappa shape index (κ1) is 20.6. The number of rotatable bonds is 4. The van der Waals surface area contributed by atoms with Crippen LogP contribution < -0.4 is 5.32 Å². The average Bonchev–Trinajstić information content (AvgIpc) is 3.31. The molecule has 0 saturated carbocycles. The maximum absolute atomic E-state index is 13.5. The van der Waals surface area contributed by atoms with E-state index in [4.69, 9.17) is 0 Å². The highest BCUT2D eigenvalue weighted by Gasteiger charge is 2.40. The average molecular weight is 427 g/mol. The van der Waals surface area contributed by atoms with Crippen LogP contribution in [0.15, 0.2) is 54.7 Å². The van der Waals surface area contributed by atoms with E-state index < -0.39 is 29.4 Å². The molecule has 0 atom stereocenters. The van der Waals surface area contributed by atoms with Gasteiger partial charge in [0.2, 0.25) is 0 Å². The summed E-state index contributed by atoms with van der Waals surface area (Å²) in [6.45, 7) is 3.15. The van der Waals surface area contributed by atoms with Gasteiger partial charge < -0.3 is 9.88 Å². The minimum Gasteiger partial charge on any atom is -0.327 e. The first-order valence-corrected chi connectivity index (χ1v) is 9.64. The van der Waals surface area contributed by atoms with Crippen LogP contribution in [0.25, 0.3) is 22.4 Å². The van der Waals surface area contributed by atoms with Gasteiger partial charge in [-0.2, -0.15) is 18.3 Å². The van der Waals surface area contributed by atoms with E-state index in [1.165, 1.54) is 0 Å². The largest absolute Gasteiger partial charge is 0.433 e. The lowest BCUT2D eigenvalue weighted by Gasteiger charge is -2.15. The smallest absolute Gasteiger partial charge is 0.327 e. The van der Waals surface area contributed by atoms with Gasteiger partial charge in [0.25, 0.3) is 5.91 Å². The maximum Gasteiger partial charge on any atom is 0.433 e. The summed E-state index contributed by atoms with van der Waals surface area (Å²) in [5, 5.41) is 6.28. The molecule has 2 heterocycles. The summed E-state index contributed by atoms with van der Waals surface area (Å²) in [5.41, 5.74) is 1.46. The van der Waals surface area contributed by atoms with Crippen molar-refractivity contribution >= 4 is 22.6 Å². The van der Waals surface area contributed by atoms with E-state index >= 15 is 0 Å². The molecule has 0 saturated heterocycles. The summed E-state index contributed by atoms with van der Waals surface area (Å²) in [6, 6.07) is 14.0. The van der Waals surface area contributed by atoms with E-state index in [-0.39, 0.29) is 0 Å². The third-order valence-corrected chi connectivity index (χ3v) is 4.99. The fourth-order valence-corrected chi connectivity index (χ4v) is 3.51. The van der Waals surface area contributed by atoms with E-state index in [0.717, 1.165) is 33.3 Å². The lowest BCUT2D eigenvalue weighted by Crippen LogP contribution is -2.22. The highest BCUT2D eigenvalue weighted by atomic mass is 19.4. The highest BCUT2D eigenvalue weighted by Crippen LogP contribution is 2.34. The number of nitrogens with one attached hydrogen (secondary N) is 1. The minimum absolute atomic E-state index is 0.373. The highest BCUT2D eigenvalue weighted by molar-refractivity contribution is 6.05. The lowest BCUT2D eigenvalue weighted by molar-refractivity contribution is -0.145. The number of hydrogen-bond donors (Lipinski definition) is 1. The van der Waals surface area contributed by atoms with Gasteiger partial charge in [-0.3, -0.25) is 9.48 Å². The van der Waals surface area contributed by atoms with Crippen LogP contribution in [-0.2, 0) is 13.2 Å². The molecule has 0 aliphatic carbocycles. The number of aryl methyl sites for hydroxylation is 1. The molecular formula is C22H20F3N5O. The maximum atomic E-state index is 13.5. The van der Waals surface area contributed by atoms with Crippen molar-refractivity contribution in [1.29, 1.82) is 0 Å². The van der Waals surface area contributed by atoms with E-state index in [9.17, 15) is 18.0 Å². The van der Waals surface area contributed by atoms with Gasteiger partial charge in [0.05, 0.1) is 22.8 Å². The Morgan fingerprint density at radius 1 is 1.06 bits per heavy atom. The molecule has 2 aromatic heterocycles. The SMILES string of the molecule is CC(C)n1ncc(C(=O)Nc2ccc(-c3nc4ccccc4n3C)cc2)c1C(F)(F)F. The minimum atomic E-state index is -4.70. The topological polar surface area (TPSA) is 64.7 Å². The predicted octanol–water partition coefficient (Wildman–Crippen LogP) is 5.29. The zero-order chi connectivity index (χ0) is 22.3. The summed E-state index contributed by atoms with van der Waals surface area (Å²) >= 11 is 0. The van der Waals surface area contributed by atoms with E-state index in [1.54, 1.807) is 38.1 Å². The molecule has 0 aliphatic heterocycles. The number of fused-ring (bicyclic) bond motifs is 1. The van der Waals surface area contributed by atoms with Gasteiger partial charge in [-0.25, -0.2) is 4.98 Å². The van der Waals surface area contributed by atoms with Crippen LogP contribution in [-0.4, -0.2) is 25.2 Å². The second kappa shape index (κ2) is 7.57. The molecule has 2 aromatic carbocycles. The summed E-state index contributed by atoms with van der Waals surface area (Å²) < 4.78 is 43.3. The molecule has 0 aliphatic rings. The van der Waals surface area contributed by atoms with Gasteiger partial charge in [-0.15, -0.1) is 0 Å². The summed E-state index contributed by atoms with van der Waals surface area (Å²) in [4.78, 5) is 17.2. The second-order valence-corrected chi connectivity index (χ2v) is 7.46. The van der Waals surface area contributed by atoms with Gasteiger partial charge in [-0.1, -0.05) is 12.1 Å². The van der Waals surface area contributed by atoms with E-state index in [2.05, 4.69) is 15.4 Å². The van der Waals surface area contributed by atoms with Crippen molar-refractivity contribution in [2.24, 2.45) is 7.05 Å². The van der Waals surface area contributed by atoms with Crippen molar-refractivity contribution in [1.82, 2.24) is 19.3 Å². The predicted molar refractivity (Wildman–Crippen MR) is 112 cm³/mol. The molecule has 9 heteroatoms. The molecule has 0 spiro atoms. The first-order valence-electron chi connectivity index (χ1n) is 9.64. The number of para-hydroxylation sites is 2. The number of carbonyl (C=O) groups excluding carboxylic acids is 1. The van der Waals surface area contributed by atoms with Crippen molar-refractivity contribution in [2.45, 2.75) is 26.1 Å². The molecule has 1 N–H and O–H groups in total. The zero-order valence-corrected chi connectivity index (χ0v) is 17.1. The number of anilines is 1.